The molecule has 1 aliphatic carbocycles. The molecule has 0 aliphatic heterocycles. The fourth-order valence-electron chi connectivity index (χ4n) is 2.39. The number of hydrogen-bond donors (Lipinski definition) is 2. The van der Waals surface area contributed by atoms with Crippen molar-refractivity contribution in [1.82, 2.24) is 9.97 Å². The van der Waals surface area contributed by atoms with Gasteiger partial charge in [-0.15, -0.1) is 0 Å². The Morgan fingerprint density at radius 1 is 1.19 bits per heavy atom. The van der Waals surface area contributed by atoms with Crippen molar-refractivity contribution in [3.63, 3.8) is 0 Å². The van der Waals surface area contributed by atoms with Gasteiger partial charge in [0.05, 0.1) is 5.60 Å². The molecule has 0 radical (unpaired) electrons. The molecule has 1 fully saturated rings. The molecule has 6 heteroatoms. The van der Waals surface area contributed by atoms with E-state index in [1.54, 1.807) is 7.11 Å². The van der Waals surface area contributed by atoms with Gasteiger partial charge in [-0.1, -0.05) is 0 Å². The van der Waals surface area contributed by atoms with Crippen LogP contribution in [0, 0.1) is 0 Å². The summed E-state index contributed by atoms with van der Waals surface area (Å²) in [6.45, 7) is 6.70. The van der Waals surface area contributed by atoms with Gasteiger partial charge in [-0.2, -0.15) is 0 Å². The summed E-state index contributed by atoms with van der Waals surface area (Å²) in [7, 11) is 1.78. The summed E-state index contributed by atoms with van der Waals surface area (Å²) in [5.41, 5.74) is -0.0244. The SMILES string of the molecule is CCNc1cc(NCC2(OC)CCC2)nc(COCC)n1. The van der Waals surface area contributed by atoms with E-state index in [0.29, 0.717) is 19.0 Å². The molecule has 21 heavy (non-hydrogen) atoms. The summed E-state index contributed by atoms with van der Waals surface area (Å²) in [5.74, 6) is 2.33. The molecule has 1 aromatic rings. The minimum absolute atomic E-state index is 0.0244. The molecule has 0 unspecified atom stereocenters. The number of anilines is 2. The van der Waals surface area contributed by atoms with E-state index < -0.39 is 0 Å². The van der Waals surface area contributed by atoms with Crippen LogP contribution in [-0.2, 0) is 16.1 Å². The quantitative estimate of drug-likeness (QED) is 0.729. The molecule has 0 amide bonds. The molecule has 1 aliphatic rings. The van der Waals surface area contributed by atoms with E-state index >= 15 is 0 Å². The molecular formula is C15H26N4O2. The second kappa shape index (κ2) is 7.56. The number of nitrogens with zero attached hydrogens (tertiary/aromatic N) is 2. The zero-order valence-corrected chi connectivity index (χ0v) is 13.2. The van der Waals surface area contributed by atoms with Crippen molar-refractivity contribution < 1.29 is 9.47 Å². The van der Waals surface area contributed by atoms with Gasteiger partial charge < -0.3 is 20.1 Å². The highest BCUT2D eigenvalue weighted by Crippen LogP contribution is 2.35. The van der Waals surface area contributed by atoms with Gasteiger partial charge in [-0.3, -0.25) is 0 Å². The van der Waals surface area contributed by atoms with Gasteiger partial charge in [-0.05, 0) is 33.1 Å². The molecule has 0 saturated heterocycles. The van der Waals surface area contributed by atoms with Gasteiger partial charge in [0.1, 0.15) is 18.2 Å². The number of aromatic nitrogens is 2. The standard InChI is InChI=1S/C15H26N4O2/c1-4-16-12-9-13(19-14(18-12)10-21-5-2)17-11-15(20-3)7-6-8-15/h9H,4-8,10-11H2,1-3H3,(H2,16,17,18,19). The van der Waals surface area contributed by atoms with Crippen LogP contribution >= 0.6 is 0 Å². The third-order valence-electron chi connectivity index (χ3n) is 3.86. The fourth-order valence-corrected chi connectivity index (χ4v) is 2.39. The Morgan fingerprint density at radius 3 is 2.43 bits per heavy atom. The molecule has 2 N–H and O–H groups in total. The van der Waals surface area contributed by atoms with E-state index in [0.717, 1.165) is 37.6 Å². The Balaban J connectivity index is 2.03. The van der Waals surface area contributed by atoms with E-state index in [9.17, 15) is 0 Å². The van der Waals surface area contributed by atoms with Gasteiger partial charge >= 0.3 is 0 Å². The van der Waals surface area contributed by atoms with Gasteiger partial charge in [0.2, 0.25) is 0 Å². The molecule has 1 saturated carbocycles. The van der Waals surface area contributed by atoms with Crippen LogP contribution in [0.1, 0.15) is 38.9 Å². The highest BCUT2D eigenvalue weighted by atomic mass is 16.5. The second-order valence-corrected chi connectivity index (χ2v) is 5.32. The summed E-state index contributed by atoms with van der Waals surface area (Å²) in [4.78, 5) is 8.95. The maximum atomic E-state index is 5.62. The average Bonchev–Trinajstić information content (AvgIpc) is 2.45. The molecular weight excluding hydrogens is 268 g/mol. The van der Waals surface area contributed by atoms with Crippen molar-refractivity contribution in [3.05, 3.63) is 11.9 Å². The summed E-state index contributed by atoms with van der Waals surface area (Å²) < 4.78 is 11.0. The number of nitrogens with one attached hydrogen (secondary N) is 2. The predicted octanol–water partition coefficient (Wildman–Crippen LogP) is 2.43. The lowest BCUT2D eigenvalue weighted by Gasteiger charge is -2.40. The van der Waals surface area contributed by atoms with Crippen molar-refractivity contribution in [1.29, 1.82) is 0 Å². The highest BCUT2D eigenvalue weighted by molar-refractivity contribution is 5.47. The number of hydrogen-bond acceptors (Lipinski definition) is 6. The summed E-state index contributed by atoms with van der Waals surface area (Å²) in [5, 5.41) is 6.61. The zero-order valence-electron chi connectivity index (χ0n) is 13.2. The molecule has 6 nitrogen and oxygen atoms in total. The van der Waals surface area contributed by atoms with Crippen LogP contribution < -0.4 is 10.6 Å². The lowest BCUT2D eigenvalue weighted by Crippen LogP contribution is -2.45. The van der Waals surface area contributed by atoms with Crippen LogP contribution in [0.25, 0.3) is 0 Å². The molecule has 0 atom stereocenters. The molecule has 1 aromatic heterocycles. The lowest BCUT2D eigenvalue weighted by atomic mass is 9.80. The Labute approximate surface area is 126 Å². The summed E-state index contributed by atoms with van der Waals surface area (Å²) in [6, 6.07) is 1.93. The minimum Gasteiger partial charge on any atom is -0.376 e. The minimum atomic E-state index is -0.0244. The zero-order chi connectivity index (χ0) is 15.1. The van der Waals surface area contributed by atoms with Crippen LogP contribution in [-0.4, -0.2) is 42.4 Å². The van der Waals surface area contributed by atoms with Crippen molar-refractivity contribution in [2.45, 2.75) is 45.3 Å². The summed E-state index contributed by atoms with van der Waals surface area (Å²) >= 11 is 0. The lowest BCUT2D eigenvalue weighted by molar-refractivity contribution is -0.0601. The molecule has 0 bridgehead atoms. The third-order valence-corrected chi connectivity index (χ3v) is 3.86. The van der Waals surface area contributed by atoms with Gasteiger partial charge in [0, 0.05) is 32.9 Å². The molecule has 1 heterocycles. The first-order chi connectivity index (χ1) is 10.2. The Morgan fingerprint density at radius 2 is 1.90 bits per heavy atom. The van der Waals surface area contributed by atoms with Crippen molar-refractivity contribution in [2.24, 2.45) is 0 Å². The molecule has 0 spiro atoms. The number of rotatable bonds is 9. The van der Waals surface area contributed by atoms with E-state index in [1.807, 2.05) is 19.9 Å². The number of ether oxygens (including phenoxy) is 2. The normalized spacial score (nSPS) is 16.3. The average molecular weight is 294 g/mol. The highest BCUT2D eigenvalue weighted by Gasteiger charge is 2.36. The molecule has 0 aromatic carbocycles. The first kappa shape index (κ1) is 16.0. The van der Waals surface area contributed by atoms with Gasteiger partial charge in [0.15, 0.2) is 5.82 Å². The first-order valence-electron chi connectivity index (χ1n) is 7.70. The maximum Gasteiger partial charge on any atom is 0.158 e. The fraction of sp³-hybridized carbons (Fsp3) is 0.733. The van der Waals surface area contributed by atoms with Gasteiger partial charge in [-0.25, -0.2) is 9.97 Å². The third kappa shape index (κ3) is 4.28. The number of methoxy groups -OCH3 is 1. The topological polar surface area (TPSA) is 68.3 Å². The smallest absolute Gasteiger partial charge is 0.158 e. The van der Waals surface area contributed by atoms with Crippen molar-refractivity contribution >= 4 is 11.6 Å². The van der Waals surface area contributed by atoms with E-state index in [4.69, 9.17) is 9.47 Å². The monoisotopic (exact) mass is 294 g/mol. The van der Waals surface area contributed by atoms with E-state index in [1.165, 1.54) is 6.42 Å². The maximum absolute atomic E-state index is 5.62. The van der Waals surface area contributed by atoms with Gasteiger partial charge in [0.25, 0.3) is 0 Å². The predicted molar refractivity (Wildman–Crippen MR) is 83.6 cm³/mol. The Kier molecular flexibility index (Phi) is 5.76. The second-order valence-electron chi connectivity index (χ2n) is 5.32. The van der Waals surface area contributed by atoms with Crippen LogP contribution in [0.2, 0.25) is 0 Å². The Bertz CT molecular complexity index is 444. The van der Waals surface area contributed by atoms with E-state index in [-0.39, 0.29) is 5.60 Å². The van der Waals surface area contributed by atoms with Crippen LogP contribution in [0.5, 0.6) is 0 Å². The summed E-state index contributed by atoms with van der Waals surface area (Å²) in [6.07, 6.45) is 3.44. The molecule has 118 valence electrons. The van der Waals surface area contributed by atoms with E-state index in [2.05, 4.69) is 20.6 Å². The van der Waals surface area contributed by atoms with Crippen molar-refractivity contribution in [3.8, 4) is 0 Å². The first-order valence-corrected chi connectivity index (χ1v) is 7.70. The van der Waals surface area contributed by atoms with Crippen LogP contribution in [0.15, 0.2) is 6.07 Å². The Hall–Kier alpha value is -1.40. The largest absolute Gasteiger partial charge is 0.376 e. The van der Waals surface area contributed by atoms with Crippen LogP contribution in [0.4, 0.5) is 11.6 Å². The molecule has 2 rings (SSSR count). The van der Waals surface area contributed by atoms with Crippen molar-refractivity contribution in [2.75, 3.05) is 37.4 Å². The van der Waals surface area contributed by atoms with Crippen LogP contribution in [0.3, 0.4) is 0 Å².